The Balaban J connectivity index is 1.86. The van der Waals surface area contributed by atoms with E-state index in [4.69, 9.17) is 9.47 Å². The number of amides is 1. The zero-order valence-electron chi connectivity index (χ0n) is 12.7. The van der Waals surface area contributed by atoms with Gasteiger partial charge in [-0.1, -0.05) is 30.3 Å². The molecule has 0 aliphatic carbocycles. The minimum atomic E-state index is -0.910. The topological polar surface area (TPSA) is 55.8 Å². The molecule has 1 saturated heterocycles. The predicted octanol–water partition coefficient (Wildman–Crippen LogP) is 2.39. The molecule has 0 saturated carbocycles. The van der Waals surface area contributed by atoms with Crippen molar-refractivity contribution in [3.63, 3.8) is 0 Å². The van der Waals surface area contributed by atoms with Crippen LogP contribution in [0.2, 0.25) is 0 Å². The number of carbonyl (C=O) groups excluding carboxylic acids is 2. The average Bonchev–Trinajstić information content (AvgIpc) is 2.37. The van der Waals surface area contributed by atoms with Crippen LogP contribution in [0.15, 0.2) is 30.3 Å². The smallest absolute Gasteiger partial charge is 0.410 e. The highest BCUT2D eigenvalue weighted by molar-refractivity contribution is 5.75. The molecule has 0 radical (unpaired) electrons. The number of ether oxygens (including phenoxy) is 2. The van der Waals surface area contributed by atoms with Gasteiger partial charge < -0.3 is 14.4 Å². The molecule has 1 fully saturated rings. The van der Waals surface area contributed by atoms with Gasteiger partial charge in [0, 0.05) is 0 Å². The third kappa shape index (κ3) is 4.04. The molecule has 0 N–H and O–H groups in total. The van der Waals surface area contributed by atoms with E-state index in [2.05, 4.69) is 0 Å². The number of carbonyl (C=O) groups is 2. The molecule has 1 aromatic rings. The van der Waals surface area contributed by atoms with Crippen molar-refractivity contribution in [1.82, 2.24) is 4.90 Å². The minimum absolute atomic E-state index is 0.234. The Kier molecular flexibility index (Phi) is 4.32. The Morgan fingerprint density at radius 3 is 2.43 bits per heavy atom. The number of hydrogen-bond donors (Lipinski definition) is 0. The van der Waals surface area contributed by atoms with Gasteiger partial charge >= 0.3 is 6.09 Å². The van der Waals surface area contributed by atoms with E-state index in [1.807, 2.05) is 51.1 Å². The summed E-state index contributed by atoms with van der Waals surface area (Å²) in [5, 5.41) is 0. The summed E-state index contributed by atoms with van der Waals surface area (Å²) in [5.74, 6) is 0. The summed E-state index contributed by atoms with van der Waals surface area (Å²) in [6.45, 7) is 6.24. The maximum atomic E-state index is 11.9. The first-order valence-electron chi connectivity index (χ1n) is 6.96. The standard InChI is InChI=1S/C16H21NO4/c1-15(2,3)21-14(19)17-10-16(11-17,12-18)20-9-13-7-5-4-6-8-13/h4-8,12H,9-11H2,1-3H3. The molecule has 5 nitrogen and oxygen atoms in total. The van der Waals surface area contributed by atoms with E-state index >= 15 is 0 Å². The molecule has 1 aromatic carbocycles. The van der Waals surface area contributed by atoms with Gasteiger partial charge in [0.15, 0.2) is 11.9 Å². The van der Waals surface area contributed by atoms with Gasteiger partial charge in [0.2, 0.25) is 0 Å². The molecule has 0 spiro atoms. The SMILES string of the molecule is CC(C)(C)OC(=O)N1CC(C=O)(OCc2ccccc2)C1. The first-order valence-corrected chi connectivity index (χ1v) is 6.96. The van der Waals surface area contributed by atoms with Crippen LogP contribution in [0.3, 0.4) is 0 Å². The molecule has 5 heteroatoms. The van der Waals surface area contributed by atoms with E-state index in [-0.39, 0.29) is 13.1 Å². The lowest BCUT2D eigenvalue weighted by atomic mass is 9.96. The number of benzene rings is 1. The number of aldehydes is 1. The second kappa shape index (κ2) is 5.85. The Hall–Kier alpha value is -1.88. The number of rotatable bonds is 4. The Labute approximate surface area is 124 Å². The highest BCUT2D eigenvalue weighted by atomic mass is 16.6. The van der Waals surface area contributed by atoms with Crippen LogP contribution in [0.5, 0.6) is 0 Å². The molecule has 0 aromatic heterocycles. The molecule has 21 heavy (non-hydrogen) atoms. The average molecular weight is 291 g/mol. The second-order valence-corrected chi connectivity index (χ2v) is 6.29. The molecule has 114 valence electrons. The molecular weight excluding hydrogens is 270 g/mol. The van der Waals surface area contributed by atoms with Crippen LogP contribution in [-0.4, -0.2) is 41.6 Å². The third-order valence-electron chi connectivity index (χ3n) is 3.15. The zero-order valence-corrected chi connectivity index (χ0v) is 12.7. The molecule has 0 bridgehead atoms. The van der Waals surface area contributed by atoms with Gasteiger partial charge in [-0.2, -0.15) is 0 Å². The number of hydrogen-bond acceptors (Lipinski definition) is 4. The van der Waals surface area contributed by atoms with Gasteiger partial charge in [0.25, 0.3) is 0 Å². The van der Waals surface area contributed by atoms with Gasteiger partial charge in [-0.25, -0.2) is 4.79 Å². The van der Waals surface area contributed by atoms with Gasteiger partial charge in [-0.05, 0) is 26.3 Å². The van der Waals surface area contributed by atoms with Crippen molar-refractivity contribution < 1.29 is 19.1 Å². The van der Waals surface area contributed by atoms with Crippen LogP contribution in [0, 0.1) is 0 Å². The number of nitrogens with zero attached hydrogens (tertiary/aromatic N) is 1. The van der Waals surface area contributed by atoms with Gasteiger partial charge in [-0.3, -0.25) is 4.79 Å². The lowest BCUT2D eigenvalue weighted by Crippen LogP contribution is -2.66. The molecule has 1 amide bonds. The van der Waals surface area contributed by atoms with E-state index in [1.165, 1.54) is 4.90 Å². The molecule has 2 rings (SSSR count). The van der Waals surface area contributed by atoms with E-state index < -0.39 is 17.3 Å². The number of likely N-dealkylation sites (tertiary alicyclic amines) is 1. The van der Waals surface area contributed by atoms with Crippen LogP contribution < -0.4 is 0 Å². The van der Waals surface area contributed by atoms with Crippen molar-refractivity contribution in [3.8, 4) is 0 Å². The molecule has 0 unspecified atom stereocenters. The quantitative estimate of drug-likeness (QED) is 0.799. The predicted molar refractivity (Wildman–Crippen MR) is 77.8 cm³/mol. The van der Waals surface area contributed by atoms with Crippen molar-refractivity contribution in [3.05, 3.63) is 35.9 Å². The summed E-state index contributed by atoms with van der Waals surface area (Å²) in [6, 6.07) is 9.62. The van der Waals surface area contributed by atoms with Gasteiger partial charge in [0.05, 0.1) is 19.7 Å². The molecule has 1 aliphatic rings. The summed E-state index contributed by atoms with van der Waals surface area (Å²) >= 11 is 0. The summed E-state index contributed by atoms with van der Waals surface area (Å²) in [4.78, 5) is 24.6. The maximum Gasteiger partial charge on any atom is 0.410 e. The van der Waals surface area contributed by atoms with E-state index in [9.17, 15) is 9.59 Å². The van der Waals surface area contributed by atoms with Crippen molar-refractivity contribution in [2.75, 3.05) is 13.1 Å². The normalized spacial score (nSPS) is 17.0. The first kappa shape index (κ1) is 15.5. The van der Waals surface area contributed by atoms with Crippen LogP contribution in [0.25, 0.3) is 0 Å². The van der Waals surface area contributed by atoms with Crippen molar-refractivity contribution in [2.45, 2.75) is 38.6 Å². The van der Waals surface area contributed by atoms with Crippen LogP contribution >= 0.6 is 0 Å². The molecule has 1 aliphatic heterocycles. The second-order valence-electron chi connectivity index (χ2n) is 6.29. The summed E-state index contributed by atoms with van der Waals surface area (Å²) < 4.78 is 11.0. The Bertz CT molecular complexity index is 501. The fourth-order valence-electron chi connectivity index (χ4n) is 2.06. The Morgan fingerprint density at radius 1 is 1.29 bits per heavy atom. The largest absolute Gasteiger partial charge is 0.444 e. The minimum Gasteiger partial charge on any atom is -0.444 e. The molecule has 1 heterocycles. The van der Waals surface area contributed by atoms with Gasteiger partial charge in [0.1, 0.15) is 5.60 Å². The van der Waals surface area contributed by atoms with Crippen molar-refractivity contribution in [1.29, 1.82) is 0 Å². The molecular formula is C16H21NO4. The lowest BCUT2D eigenvalue weighted by Gasteiger charge is -2.45. The van der Waals surface area contributed by atoms with Crippen molar-refractivity contribution in [2.24, 2.45) is 0 Å². The highest BCUT2D eigenvalue weighted by Crippen LogP contribution is 2.26. The maximum absolute atomic E-state index is 11.9. The fraction of sp³-hybridized carbons (Fsp3) is 0.500. The third-order valence-corrected chi connectivity index (χ3v) is 3.15. The Morgan fingerprint density at radius 2 is 1.90 bits per heavy atom. The zero-order chi connectivity index (χ0) is 15.5. The van der Waals surface area contributed by atoms with E-state index in [0.29, 0.717) is 6.61 Å². The highest BCUT2D eigenvalue weighted by Gasteiger charge is 2.47. The lowest BCUT2D eigenvalue weighted by molar-refractivity contribution is -0.160. The summed E-state index contributed by atoms with van der Waals surface area (Å²) in [6.07, 6.45) is 0.361. The first-order chi connectivity index (χ1) is 9.84. The summed E-state index contributed by atoms with van der Waals surface area (Å²) in [7, 11) is 0. The summed E-state index contributed by atoms with van der Waals surface area (Å²) in [5.41, 5.74) is -0.455. The van der Waals surface area contributed by atoms with Crippen molar-refractivity contribution >= 4 is 12.4 Å². The van der Waals surface area contributed by atoms with E-state index in [0.717, 1.165) is 11.8 Å². The molecule has 0 atom stereocenters. The van der Waals surface area contributed by atoms with Crippen LogP contribution in [0.1, 0.15) is 26.3 Å². The fourth-order valence-corrected chi connectivity index (χ4v) is 2.06. The monoisotopic (exact) mass is 291 g/mol. The van der Waals surface area contributed by atoms with Crippen LogP contribution in [-0.2, 0) is 20.9 Å². The van der Waals surface area contributed by atoms with Gasteiger partial charge in [-0.15, -0.1) is 0 Å². The van der Waals surface area contributed by atoms with Crippen LogP contribution in [0.4, 0.5) is 4.79 Å². The van der Waals surface area contributed by atoms with E-state index in [1.54, 1.807) is 0 Å².